The molecule has 2 aromatic rings. The lowest BCUT2D eigenvalue weighted by Crippen LogP contribution is -2.12. The number of pyridine rings is 1. The van der Waals surface area contributed by atoms with E-state index in [-0.39, 0.29) is 17.1 Å². The SMILES string of the molecule is COc1cnc(OC)c2[nH]c(C(=O)C(=O)O)cc12.O. The van der Waals surface area contributed by atoms with Gasteiger partial charge in [0.2, 0.25) is 5.88 Å². The van der Waals surface area contributed by atoms with Crippen LogP contribution in [-0.4, -0.2) is 46.5 Å². The van der Waals surface area contributed by atoms with Gasteiger partial charge in [0, 0.05) is 5.39 Å². The number of fused-ring (bicyclic) bond motifs is 1. The van der Waals surface area contributed by atoms with E-state index in [0.29, 0.717) is 16.7 Å². The van der Waals surface area contributed by atoms with Crippen molar-refractivity contribution in [1.29, 1.82) is 0 Å². The number of carbonyl (C=O) groups is 2. The molecule has 2 aromatic heterocycles. The van der Waals surface area contributed by atoms with Crippen LogP contribution in [0.15, 0.2) is 12.3 Å². The Bertz CT molecular complexity index is 592. The number of Topliss-reactive ketones (excluding diaryl/α,β-unsaturated/α-hetero) is 1. The number of rotatable bonds is 4. The maximum Gasteiger partial charge on any atom is 0.378 e. The van der Waals surface area contributed by atoms with Gasteiger partial charge in [-0.2, -0.15) is 0 Å². The van der Waals surface area contributed by atoms with Crippen LogP contribution < -0.4 is 9.47 Å². The molecule has 8 heteroatoms. The number of hydrogen-bond acceptors (Lipinski definition) is 5. The second-order valence-corrected chi connectivity index (χ2v) is 3.44. The minimum Gasteiger partial charge on any atom is -0.494 e. The van der Waals surface area contributed by atoms with E-state index in [2.05, 4.69) is 9.97 Å². The monoisotopic (exact) mass is 268 g/mol. The van der Waals surface area contributed by atoms with Crippen molar-refractivity contribution >= 4 is 22.7 Å². The zero-order valence-electron chi connectivity index (χ0n) is 10.2. The molecule has 0 aliphatic rings. The van der Waals surface area contributed by atoms with Gasteiger partial charge in [-0.15, -0.1) is 0 Å². The largest absolute Gasteiger partial charge is 0.494 e. The average Bonchev–Trinajstić information content (AvgIpc) is 2.81. The fourth-order valence-electron chi connectivity index (χ4n) is 1.62. The van der Waals surface area contributed by atoms with Gasteiger partial charge in [0.05, 0.1) is 26.1 Å². The Morgan fingerprint density at radius 1 is 1.32 bits per heavy atom. The van der Waals surface area contributed by atoms with Gasteiger partial charge >= 0.3 is 5.97 Å². The number of nitrogens with zero attached hydrogens (tertiary/aromatic N) is 1. The Labute approximate surface area is 107 Å². The van der Waals surface area contributed by atoms with E-state index in [1.54, 1.807) is 0 Å². The van der Waals surface area contributed by atoms with Crippen molar-refractivity contribution in [2.45, 2.75) is 0 Å². The number of carboxylic acids is 1. The molecule has 0 radical (unpaired) electrons. The molecule has 19 heavy (non-hydrogen) atoms. The summed E-state index contributed by atoms with van der Waals surface area (Å²) in [6.07, 6.45) is 1.43. The van der Waals surface area contributed by atoms with Gasteiger partial charge in [0.1, 0.15) is 11.3 Å². The smallest absolute Gasteiger partial charge is 0.378 e. The highest BCUT2D eigenvalue weighted by molar-refractivity contribution is 6.39. The molecule has 4 N–H and O–H groups in total. The number of carboxylic acid groups (broad SMARTS) is 1. The number of aliphatic carboxylic acids is 1. The normalized spacial score (nSPS) is 9.79. The van der Waals surface area contributed by atoms with E-state index in [1.807, 2.05) is 0 Å². The van der Waals surface area contributed by atoms with Crippen molar-refractivity contribution in [3.63, 3.8) is 0 Å². The molecule has 0 unspecified atom stereocenters. The third kappa shape index (κ3) is 2.33. The molecule has 0 saturated carbocycles. The van der Waals surface area contributed by atoms with E-state index in [9.17, 15) is 9.59 Å². The number of nitrogens with one attached hydrogen (secondary N) is 1. The van der Waals surface area contributed by atoms with Crippen molar-refractivity contribution in [2.24, 2.45) is 0 Å². The lowest BCUT2D eigenvalue weighted by Gasteiger charge is -2.03. The van der Waals surface area contributed by atoms with Crippen molar-refractivity contribution in [3.05, 3.63) is 18.0 Å². The predicted molar refractivity (Wildman–Crippen MR) is 64.8 cm³/mol. The van der Waals surface area contributed by atoms with Crippen LogP contribution in [0.1, 0.15) is 10.5 Å². The van der Waals surface area contributed by atoms with Gasteiger partial charge in [-0.25, -0.2) is 9.78 Å². The third-order valence-corrected chi connectivity index (χ3v) is 2.45. The van der Waals surface area contributed by atoms with E-state index in [1.165, 1.54) is 26.5 Å². The van der Waals surface area contributed by atoms with Crippen LogP contribution in [0.2, 0.25) is 0 Å². The zero-order chi connectivity index (χ0) is 13.3. The summed E-state index contributed by atoms with van der Waals surface area (Å²) in [5, 5.41) is 9.20. The molecule has 8 nitrogen and oxygen atoms in total. The number of aromatic amines is 1. The van der Waals surface area contributed by atoms with E-state index < -0.39 is 11.8 Å². The van der Waals surface area contributed by atoms with Gasteiger partial charge < -0.3 is 25.0 Å². The molecule has 0 fully saturated rings. The minimum absolute atomic E-state index is 0. The number of ketones is 1. The van der Waals surface area contributed by atoms with Crippen molar-refractivity contribution in [2.75, 3.05) is 14.2 Å². The lowest BCUT2D eigenvalue weighted by molar-refractivity contribution is -0.131. The quantitative estimate of drug-likeness (QED) is 0.593. The van der Waals surface area contributed by atoms with Gasteiger partial charge in [-0.1, -0.05) is 0 Å². The van der Waals surface area contributed by atoms with Crippen LogP contribution >= 0.6 is 0 Å². The number of carbonyl (C=O) groups excluding carboxylic acids is 1. The predicted octanol–water partition coefficient (Wildman–Crippen LogP) is 0.0227. The number of hydrogen-bond donors (Lipinski definition) is 2. The Morgan fingerprint density at radius 3 is 2.53 bits per heavy atom. The van der Waals surface area contributed by atoms with Crippen LogP contribution in [0.25, 0.3) is 10.9 Å². The minimum atomic E-state index is -1.53. The third-order valence-electron chi connectivity index (χ3n) is 2.45. The van der Waals surface area contributed by atoms with E-state index in [4.69, 9.17) is 14.6 Å². The van der Waals surface area contributed by atoms with Crippen LogP contribution in [0, 0.1) is 0 Å². The maximum atomic E-state index is 11.4. The Morgan fingerprint density at radius 2 is 2.00 bits per heavy atom. The Balaban J connectivity index is 0.00000180. The number of H-pyrrole nitrogens is 1. The van der Waals surface area contributed by atoms with Crippen LogP contribution in [-0.2, 0) is 4.79 Å². The van der Waals surface area contributed by atoms with Gasteiger partial charge in [-0.3, -0.25) is 4.79 Å². The fourth-order valence-corrected chi connectivity index (χ4v) is 1.62. The van der Waals surface area contributed by atoms with Crippen LogP contribution in [0.5, 0.6) is 11.6 Å². The summed E-state index contributed by atoms with van der Waals surface area (Å²) < 4.78 is 10.1. The van der Waals surface area contributed by atoms with Crippen molar-refractivity contribution in [3.8, 4) is 11.6 Å². The van der Waals surface area contributed by atoms with Gasteiger partial charge in [0.25, 0.3) is 5.78 Å². The molecular weight excluding hydrogens is 256 g/mol. The summed E-state index contributed by atoms with van der Waals surface area (Å²) in [6, 6.07) is 1.40. The first kappa shape index (κ1) is 14.5. The summed E-state index contributed by atoms with van der Waals surface area (Å²) in [7, 11) is 2.88. The first-order valence-electron chi connectivity index (χ1n) is 4.95. The van der Waals surface area contributed by atoms with Crippen LogP contribution in [0.3, 0.4) is 0 Å². The molecule has 102 valence electrons. The zero-order valence-corrected chi connectivity index (χ0v) is 10.2. The molecule has 0 aliphatic carbocycles. The second-order valence-electron chi connectivity index (χ2n) is 3.44. The molecule has 0 bridgehead atoms. The van der Waals surface area contributed by atoms with E-state index >= 15 is 0 Å². The molecule has 0 aliphatic heterocycles. The summed E-state index contributed by atoms with van der Waals surface area (Å²) in [5.74, 6) is -1.88. The highest BCUT2D eigenvalue weighted by atomic mass is 16.5. The van der Waals surface area contributed by atoms with Gasteiger partial charge in [0.15, 0.2) is 0 Å². The number of aromatic nitrogens is 2. The summed E-state index contributed by atoms with van der Waals surface area (Å²) in [5.41, 5.74) is 0.364. The van der Waals surface area contributed by atoms with Crippen LogP contribution in [0.4, 0.5) is 0 Å². The second kappa shape index (κ2) is 5.36. The molecule has 0 amide bonds. The maximum absolute atomic E-state index is 11.4. The topological polar surface area (TPSA) is 133 Å². The molecule has 2 heterocycles. The molecule has 2 rings (SSSR count). The highest BCUT2D eigenvalue weighted by Crippen LogP contribution is 2.31. The van der Waals surface area contributed by atoms with Gasteiger partial charge in [-0.05, 0) is 6.07 Å². The highest BCUT2D eigenvalue weighted by Gasteiger charge is 2.20. The molecular formula is C11H12N2O6. The molecule has 0 atom stereocenters. The summed E-state index contributed by atoms with van der Waals surface area (Å²) in [4.78, 5) is 28.7. The number of methoxy groups -OCH3 is 2. The number of ether oxygens (including phenoxy) is 2. The fraction of sp³-hybridized carbons (Fsp3) is 0.182. The van der Waals surface area contributed by atoms with Crippen molar-refractivity contribution < 1.29 is 29.6 Å². The average molecular weight is 268 g/mol. The van der Waals surface area contributed by atoms with E-state index in [0.717, 1.165) is 0 Å². The Kier molecular flexibility index (Phi) is 4.07. The molecule has 0 spiro atoms. The van der Waals surface area contributed by atoms with Crippen molar-refractivity contribution in [1.82, 2.24) is 9.97 Å². The summed E-state index contributed by atoms with van der Waals surface area (Å²) >= 11 is 0. The molecule has 0 saturated heterocycles. The molecule has 0 aromatic carbocycles. The first-order chi connectivity index (χ1) is 8.58. The Hall–Kier alpha value is -2.61. The standard InChI is InChI=1S/C11H10N2O5.H2O/c1-17-7-4-12-10(18-2)8-5(7)3-6(13-8)9(14)11(15)16;/h3-4,13H,1-2H3,(H,15,16);1H2. The summed E-state index contributed by atoms with van der Waals surface area (Å²) in [6.45, 7) is 0. The lowest BCUT2D eigenvalue weighted by atomic mass is 10.2. The first-order valence-corrected chi connectivity index (χ1v) is 4.95.